The van der Waals surface area contributed by atoms with Gasteiger partial charge in [0.1, 0.15) is 0 Å². The smallest absolute Gasteiger partial charge is 0.0448 e. The van der Waals surface area contributed by atoms with Crippen molar-refractivity contribution in [1.29, 1.82) is 0 Å². The summed E-state index contributed by atoms with van der Waals surface area (Å²) in [5, 5.41) is 0. The average Bonchev–Trinajstić information content (AvgIpc) is 2.29. The Kier molecular flexibility index (Phi) is 3.23. The van der Waals surface area contributed by atoms with E-state index in [-0.39, 0.29) is 0 Å². The van der Waals surface area contributed by atoms with Gasteiger partial charge in [0, 0.05) is 8.07 Å². The highest BCUT2D eigenvalue weighted by atomic mass is 28.3. The van der Waals surface area contributed by atoms with Crippen LogP contribution in [0, 0.1) is 11.3 Å². The maximum absolute atomic E-state index is 5.96. The van der Waals surface area contributed by atoms with Crippen molar-refractivity contribution < 1.29 is 0 Å². The van der Waals surface area contributed by atoms with E-state index in [4.69, 9.17) is 5.73 Å². The molecule has 1 saturated carbocycles. The molecule has 0 amide bonds. The van der Waals surface area contributed by atoms with Gasteiger partial charge >= 0.3 is 0 Å². The fraction of sp³-hybridized carbons (Fsp3) is 1.00. The lowest BCUT2D eigenvalue weighted by atomic mass is 9.88. The monoisotopic (exact) mass is 199 g/mol. The number of hydrogen-bond donors (Lipinski definition) is 1. The summed E-state index contributed by atoms with van der Waals surface area (Å²) in [5.74, 6) is 0.917. The zero-order chi connectivity index (χ0) is 10.1. The van der Waals surface area contributed by atoms with Gasteiger partial charge in [-0.3, -0.25) is 0 Å². The maximum atomic E-state index is 5.96. The molecule has 1 aliphatic rings. The molecule has 0 aromatic rings. The first kappa shape index (κ1) is 11.3. The van der Waals surface area contributed by atoms with E-state index in [9.17, 15) is 0 Å². The van der Waals surface area contributed by atoms with Gasteiger partial charge in [0.05, 0.1) is 0 Å². The lowest BCUT2D eigenvalue weighted by Gasteiger charge is -2.33. The molecule has 0 spiro atoms. The molecule has 2 atom stereocenters. The number of rotatable bonds is 3. The molecule has 78 valence electrons. The van der Waals surface area contributed by atoms with Crippen LogP contribution in [-0.4, -0.2) is 14.6 Å². The second-order valence-electron chi connectivity index (χ2n) is 6.29. The summed E-state index contributed by atoms with van der Waals surface area (Å²) in [5.41, 5.74) is 6.49. The summed E-state index contributed by atoms with van der Waals surface area (Å²) < 4.78 is 0. The Bertz CT molecular complexity index is 173. The third-order valence-electron chi connectivity index (χ3n) is 3.29. The van der Waals surface area contributed by atoms with E-state index >= 15 is 0 Å². The molecule has 0 bridgehead atoms. The molecule has 13 heavy (non-hydrogen) atoms. The van der Waals surface area contributed by atoms with Crippen LogP contribution in [-0.2, 0) is 0 Å². The first-order chi connectivity index (χ1) is 5.87. The molecule has 1 fully saturated rings. The quantitative estimate of drug-likeness (QED) is 0.695. The zero-order valence-corrected chi connectivity index (χ0v) is 10.7. The highest BCUT2D eigenvalue weighted by molar-refractivity contribution is 6.76. The molecule has 0 heterocycles. The van der Waals surface area contributed by atoms with E-state index in [2.05, 4.69) is 26.6 Å². The van der Waals surface area contributed by atoms with Gasteiger partial charge in [-0.05, 0) is 30.7 Å². The summed E-state index contributed by atoms with van der Waals surface area (Å²) in [6.07, 6.45) is 4.17. The van der Waals surface area contributed by atoms with Crippen LogP contribution in [0.4, 0.5) is 0 Å². The van der Waals surface area contributed by atoms with Crippen molar-refractivity contribution in [1.82, 2.24) is 0 Å². The molecule has 1 rings (SSSR count). The van der Waals surface area contributed by atoms with Crippen molar-refractivity contribution in [2.45, 2.75) is 51.9 Å². The lowest BCUT2D eigenvalue weighted by Crippen LogP contribution is -2.36. The van der Waals surface area contributed by atoms with E-state index in [1.165, 1.54) is 25.3 Å². The second kappa shape index (κ2) is 3.74. The van der Waals surface area contributed by atoms with Gasteiger partial charge in [0.15, 0.2) is 0 Å². The minimum Gasteiger partial charge on any atom is -0.330 e. The standard InChI is InChI=1S/C11H25NSi/c1-10-5-6-11(7-10,8-12)9-13(2,3)4/h10H,5-9,12H2,1-4H3. The van der Waals surface area contributed by atoms with Crippen LogP contribution >= 0.6 is 0 Å². The number of hydrogen-bond acceptors (Lipinski definition) is 1. The van der Waals surface area contributed by atoms with E-state index in [0.29, 0.717) is 5.41 Å². The predicted octanol–water partition coefficient (Wildman–Crippen LogP) is 3.09. The highest BCUT2D eigenvalue weighted by Gasteiger charge is 2.39. The summed E-state index contributed by atoms with van der Waals surface area (Å²) >= 11 is 0. The minimum atomic E-state index is -0.925. The lowest BCUT2D eigenvalue weighted by molar-refractivity contribution is 0.332. The van der Waals surface area contributed by atoms with E-state index in [1.54, 1.807) is 0 Å². The van der Waals surface area contributed by atoms with Gasteiger partial charge in [-0.1, -0.05) is 39.0 Å². The Morgan fingerprint density at radius 3 is 2.31 bits per heavy atom. The average molecular weight is 199 g/mol. The molecule has 2 heteroatoms. The van der Waals surface area contributed by atoms with Crippen molar-refractivity contribution in [3.05, 3.63) is 0 Å². The van der Waals surface area contributed by atoms with E-state index in [1.807, 2.05) is 0 Å². The van der Waals surface area contributed by atoms with Crippen molar-refractivity contribution >= 4 is 8.07 Å². The molecule has 0 radical (unpaired) electrons. The van der Waals surface area contributed by atoms with Crippen LogP contribution in [0.3, 0.4) is 0 Å². The Morgan fingerprint density at radius 2 is 2.00 bits per heavy atom. The Morgan fingerprint density at radius 1 is 1.38 bits per heavy atom. The summed E-state index contributed by atoms with van der Waals surface area (Å²) in [6.45, 7) is 10.7. The molecule has 1 aliphatic carbocycles. The molecular formula is C11H25NSi. The Labute approximate surface area is 84.1 Å². The van der Waals surface area contributed by atoms with Crippen LogP contribution in [0.2, 0.25) is 25.7 Å². The first-order valence-electron chi connectivity index (χ1n) is 5.57. The van der Waals surface area contributed by atoms with Crippen molar-refractivity contribution in [3.63, 3.8) is 0 Å². The fourth-order valence-electron chi connectivity index (χ4n) is 3.04. The van der Waals surface area contributed by atoms with Crippen LogP contribution in [0.25, 0.3) is 0 Å². The third kappa shape index (κ3) is 3.10. The SMILES string of the molecule is CC1CCC(CN)(C[Si](C)(C)C)C1. The zero-order valence-electron chi connectivity index (χ0n) is 9.69. The normalized spacial score (nSPS) is 35.3. The second-order valence-corrected chi connectivity index (χ2v) is 11.8. The summed E-state index contributed by atoms with van der Waals surface area (Å²) in [6, 6.07) is 1.43. The molecule has 1 nitrogen and oxygen atoms in total. The summed E-state index contributed by atoms with van der Waals surface area (Å²) in [7, 11) is -0.925. The van der Waals surface area contributed by atoms with Crippen LogP contribution < -0.4 is 5.73 Å². The highest BCUT2D eigenvalue weighted by Crippen LogP contribution is 2.46. The van der Waals surface area contributed by atoms with Crippen LogP contribution in [0.1, 0.15) is 26.2 Å². The van der Waals surface area contributed by atoms with Crippen molar-refractivity contribution in [3.8, 4) is 0 Å². The first-order valence-corrected chi connectivity index (χ1v) is 9.28. The van der Waals surface area contributed by atoms with Crippen LogP contribution in [0.5, 0.6) is 0 Å². The Hall–Kier alpha value is 0.177. The van der Waals surface area contributed by atoms with Crippen molar-refractivity contribution in [2.75, 3.05) is 6.54 Å². The van der Waals surface area contributed by atoms with Gasteiger partial charge in [0.25, 0.3) is 0 Å². The molecule has 0 aromatic carbocycles. The van der Waals surface area contributed by atoms with Gasteiger partial charge in [-0.25, -0.2) is 0 Å². The summed E-state index contributed by atoms with van der Waals surface area (Å²) in [4.78, 5) is 0. The molecular weight excluding hydrogens is 174 g/mol. The van der Waals surface area contributed by atoms with Gasteiger partial charge in [-0.2, -0.15) is 0 Å². The van der Waals surface area contributed by atoms with E-state index in [0.717, 1.165) is 12.5 Å². The fourth-order valence-corrected chi connectivity index (χ4v) is 5.75. The molecule has 0 aromatic heterocycles. The van der Waals surface area contributed by atoms with Gasteiger partial charge < -0.3 is 5.73 Å². The van der Waals surface area contributed by atoms with Gasteiger partial charge in [-0.15, -0.1) is 0 Å². The molecule has 2 N–H and O–H groups in total. The third-order valence-corrected chi connectivity index (χ3v) is 5.10. The van der Waals surface area contributed by atoms with Gasteiger partial charge in [0.2, 0.25) is 0 Å². The molecule has 0 saturated heterocycles. The minimum absolute atomic E-state index is 0.532. The van der Waals surface area contributed by atoms with Crippen LogP contribution in [0.15, 0.2) is 0 Å². The molecule has 2 unspecified atom stereocenters. The molecule has 0 aliphatic heterocycles. The topological polar surface area (TPSA) is 26.0 Å². The van der Waals surface area contributed by atoms with E-state index < -0.39 is 8.07 Å². The van der Waals surface area contributed by atoms with Crippen molar-refractivity contribution in [2.24, 2.45) is 17.1 Å². The maximum Gasteiger partial charge on any atom is 0.0448 e. The number of nitrogens with two attached hydrogens (primary N) is 1. The Balaban J connectivity index is 2.61. The largest absolute Gasteiger partial charge is 0.330 e. The predicted molar refractivity (Wildman–Crippen MR) is 62.7 cm³/mol.